The fraction of sp³-hybridized carbons (Fsp3) is 0.286. The molecular formula is C21H22N4O3. The van der Waals surface area contributed by atoms with Crippen molar-refractivity contribution in [1.82, 2.24) is 10.2 Å². The third-order valence-corrected chi connectivity index (χ3v) is 4.86. The first-order chi connectivity index (χ1) is 13.6. The number of guanidine groups is 1. The molecule has 2 aliphatic rings. The summed E-state index contributed by atoms with van der Waals surface area (Å²) in [4.78, 5) is 32.0. The molecule has 0 spiro atoms. The molecule has 0 aromatic heterocycles. The van der Waals surface area contributed by atoms with Crippen molar-refractivity contribution in [2.24, 2.45) is 4.99 Å². The Morgan fingerprint density at radius 1 is 1.18 bits per heavy atom. The molecule has 0 saturated carbocycles. The summed E-state index contributed by atoms with van der Waals surface area (Å²) in [5, 5.41) is 2.77. The highest BCUT2D eigenvalue weighted by atomic mass is 16.5. The second kappa shape index (κ2) is 7.72. The molecule has 2 heterocycles. The van der Waals surface area contributed by atoms with Crippen LogP contribution >= 0.6 is 0 Å². The normalized spacial score (nSPS) is 14.7. The standard InChI is InChI=1S/C21H22N4O3/c1-24(16-8-3-2-4-9-16)19(27)11-6-12-28-17-10-5-7-15-13-25-14-18(26)22-21(25)23-20(15)17/h2-5,7-10H,6,11-14H2,1H3,(H,22,23,26). The topological polar surface area (TPSA) is 74.2 Å². The Bertz CT molecular complexity index is 927. The number of carbonyl (C=O) groups excluding carboxylic acids is 2. The lowest BCUT2D eigenvalue weighted by atomic mass is 10.1. The van der Waals surface area contributed by atoms with Crippen LogP contribution in [0.5, 0.6) is 5.75 Å². The Morgan fingerprint density at radius 3 is 2.82 bits per heavy atom. The quantitative estimate of drug-likeness (QED) is 0.784. The number of aliphatic imine (C=N–C) groups is 1. The lowest BCUT2D eigenvalue weighted by Gasteiger charge is -2.24. The van der Waals surface area contributed by atoms with Crippen molar-refractivity contribution < 1.29 is 14.3 Å². The van der Waals surface area contributed by atoms with Gasteiger partial charge in [0, 0.05) is 31.3 Å². The highest BCUT2D eigenvalue weighted by molar-refractivity contribution is 6.06. The molecule has 7 nitrogen and oxygen atoms in total. The summed E-state index contributed by atoms with van der Waals surface area (Å²) in [5.74, 6) is 1.26. The van der Waals surface area contributed by atoms with Gasteiger partial charge in [-0.25, -0.2) is 4.99 Å². The minimum atomic E-state index is -0.0462. The summed E-state index contributed by atoms with van der Waals surface area (Å²) in [6.45, 7) is 1.39. The van der Waals surface area contributed by atoms with E-state index in [-0.39, 0.29) is 11.8 Å². The molecule has 1 fully saturated rings. The van der Waals surface area contributed by atoms with Crippen LogP contribution in [0, 0.1) is 0 Å². The molecule has 0 atom stereocenters. The van der Waals surface area contributed by atoms with E-state index in [1.165, 1.54) is 0 Å². The molecule has 2 aliphatic heterocycles. The maximum absolute atomic E-state index is 12.3. The minimum Gasteiger partial charge on any atom is -0.491 e. The summed E-state index contributed by atoms with van der Waals surface area (Å²) >= 11 is 0. The fourth-order valence-corrected chi connectivity index (χ4v) is 3.34. The van der Waals surface area contributed by atoms with Gasteiger partial charge in [0.05, 0.1) is 6.61 Å². The number of ether oxygens (including phenoxy) is 1. The van der Waals surface area contributed by atoms with Crippen molar-refractivity contribution in [3.8, 4) is 5.75 Å². The molecule has 2 aromatic carbocycles. The molecule has 4 rings (SSSR count). The van der Waals surface area contributed by atoms with E-state index in [2.05, 4.69) is 10.3 Å². The van der Waals surface area contributed by atoms with Crippen LogP contribution in [-0.4, -0.2) is 42.9 Å². The van der Waals surface area contributed by atoms with Crippen molar-refractivity contribution in [1.29, 1.82) is 0 Å². The van der Waals surface area contributed by atoms with Crippen LogP contribution in [-0.2, 0) is 16.1 Å². The highest BCUT2D eigenvalue weighted by Crippen LogP contribution is 2.36. The van der Waals surface area contributed by atoms with Gasteiger partial charge in [0.25, 0.3) is 0 Å². The Morgan fingerprint density at radius 2 is 2.00 bits per heavy atom. The number of fused-ring (bicyclic) bond motifs is 2. The van der Waals surface area contributed by atoms with Crippen LogP contribution in [0.3, 0.4) is 0 Å². The molecule has 2 amide bonds. The number of benzene rings is 2. The summed E-state index contributed by atoms with van der Waals surface area (Å²) in [7, 11) is 1.78. The van der Waals surface area contributed by atoms with Crippen molar-refractivity contribution in [3.63, 3.8) is 0 Å². The monoisotopic (exact) mass is 378 g/mol. The Hall–Kier alpha value is -3.35. The second-order valence-corrected chi connectivity index (χ2v) is 6.84. The molecule has 144 valence electrons. The number of anilines is 1. The Balaban J connectivity index is 1.34. The number of amides is 2. The van der Waals surface area contributed by atoms with E-state index < -0.39 is 0 Å². The van der Waals surface area contributed by atoms with Crippen molar-refractivity contribution in [2.45, 2.75) is 19.4 Å². The van der Waals surface area contributed by atoms with E-state index in [0.717, 1.165) is 16.9 Å². The smallest absolute Gasteiger partial charge is 0.246 e. The van der Waals surface area contributed by atoms with Gasteiger partial charge in [-0.05, 0) is 24.6 Å². The van der Waals surface area contributed by atoms with E-state index in [1.54, 1.807) is 11.9 Å². The van der Waals surface area contributed by atoms with Gasteiger partial charge in [0.2, 0.25) is 17.8 Å². The first-order valence-electron chi connectivity index (χ1n) is 9.31. The van der Waals surface area contributed by atoms with Gasteiger partial charge in [-0.15, -0.1) is 0 Å². The van der Waals surface area contributed by atoms with Crippen LogP contribution in [0.15, 0.2) is 53.5 Å². The molecule has 1 saturated heterocycles. The molecule has 0 radical (unpaired) electrons. The zero-order chi connectivity index (χ0) is 19.5. The van der Waals surface area contributed by atoms with Gasteiger partial charge >= 0.3 is 0 Å². The van der Waals surface area contributed by atoms with Crippen molar-refractivity contribution in [3.05, 3.63) is 54.1 Å². The molecule has 0 unspecified atom stereocenters. The summed E-state index contributed by atoms with van der Waals surface area (Å²) in [6, 6.07) is 15.4. The summed E-state index contributed by atoms with van der Waals surface area (Å²) in [5.41, 5.74) is 2.66. The molecule has 0 aliphatic carbocycles. The third kappa shape index (κ3) is 3.69. The molecule has 28 heavy (non-hydrogen) atoms. The number of para-hydroxylation sites is 2. The third-order valence-electron chi connectivity index (χ3n) is 4.86. The summed E-state index contributed by atoms with van der Waals surface area (Å²) < 4.78 is 5.91. The number of hydrogen-bond acceptors (Lipinski definition) is 5. The number of hydrogen-bond donors (Lipinski definition) is 1. The van der Waals surface area contributed by atoms with Gasteiger partial charge in [-0.3, -0.25) is 14.9 Å². The van der Waals surface area contributed by atoms with Crippen molar-refractivity contribution >= 4 is 29.1 Å². The van der Waals surface area contributed by atoms with Crippen LogP contribution in [0.25, 0.3) is 0 Å². The van der Waals surface area contributed by atoms with E-state index in [4.69, 9.17) is 4.74 Å². The molecule has 2 aromatic rings. The molecule has 0 bridgehead atoms. The lowest BCUT2D eigenvalue weighted by molar-refractivity contribution is -0.119. The van der Waals surface area contributed by atoms with E-state index in [9.17, 15) is 9.59 Å². The average Bonchev–Trinajstić information content (AvgIpc) is 3.08. The number of carbonyl (C=O) groups is 2. The van der Waals surface area contributed by atoms with Gasteiger partial charge < -0.3 is 14.5 Å². The maximum Gasteiger partial charge on any atom is 0.246 e. The van der Waals surface area contributed by atoms with Gasteiger partial charge in [0.1, 0.15) is 18.0 Å². The Kier molecular flexibility index (Phi) is 4.97. The SMILES string of the molecule is CN(C(=O)CCCOc1cccc2c1N=C1NC(=O)CN1C2)c1ccccc1. The van der Waals surface area contributed by atoms with Gasteiger partial charge in [-0.1, -0.05) is 30.3 Å². The van der Waals surface area contributed by atoms with Crippen LogP contribution in [0.2, 0.25) is 0 Å². The van der Waals surface area contributed by atoms with Crippen LogP contribution in [0.4, 0.5) is 11.4 Å². The zero-order valence-corrected chi connectivity index (χ0v) is 15.7. The minimum absolute atomic E-state index is 0.0462. The molecule has 7 heteroatoms. The largest absolute Gasteiger partial charge is 0.491 e. The number of rotatable bonds is 6. The fourth-order valence-electron chi connectivity index (χ4n) is 3.34. The number of nitrogens with zero attached hydrogens (tertiary/aromatic N) is 3. The zero-order valence-electron chi connectivity index (χ0n) is 15.7. The van der Waals surface area contributed by atoms with Gasteiger partial charge in [-0.2, -0.15) is 0 Å². The van der Waals surface area contributed by atoms with Crippen LogP contribution < -0.4 is 15.0 Å². The molecule has 1 N–H and O–H groups in total. The van der Waals surface area contributed by atoms with E-state index in [0.29, 0.717) is 44.2 Å². The predicted molar refractivity (Wildman–Crippen MR) is 107 cm³/mol. The number of nitrogens with one attached hydrogen (secondary N) is 1. The first kappa shape index (κ1) is 18.0. The summed E-state index contributed by atoms with van der Waals surface area (Å²) in [6.07, 6.45) is 1.01. The van der Waals surface area contributed by atoms with Crippen LogP contribution in [0.1, 0.15) is 18.4 Å². The first-order valence-corrected chi connectivity index (χ1v) is 9.31. The van der Waals surface area contributed by atoms with E-state index >= 15 is 0 Å². The Labute approximate surface area is 163 Å². The lowest BCUT2D eigenvalue weighted by Crippen LogP contribution is -2.32. The predicted octanol–water partition coefficient (Wildman–Crippen LogP) is 2.44. The van der Waals surface area contributed by atoms with E-state index in [1.807, 2.05) is 53.4 Å². The second-order valence-electron chi connectivity index (χ2n) is 6.84. The maximum atomic E-state index is 12.3. The average molecular weight is 378 g/mol. The van der Waals surface area contributed by atoms with Crippen molar-refractivity contribution in [2.75, 3.05) is 25.1 Å². The highest BCUT2D eigenvalue weighted by Gasteiger charge is 2.30. The van der Waals surface area contributed by atoms with Gasteiger partial charge in [0.15, 0.2) is 0 Å². The molecular weight excluding hydrogens is 356 g/mol.